The van der Waals surface area contributed by atoms with Crippen molar-refractivity contribution < 1.29 is 0 Å². The van der Waals surface area contributed by atoms with Crippen LogP contribution < -0.4 is 5.32 Å². The molecule has 1 unspecified atom stereocenters. The second kappa shape index (κ2) is 5.53. The molecule has 2 N–H and O–H groups in total. The summed E-state index contributed by atoms with van der Waals surface area (Å²) in [5.41, 5.74) is 5.74. The zero-order chi connectivity index (χ0) is 16.0. The summed E-state index contributed by atoms with van der Waals surface area (Å²) in [5, 5.41) is 5.53. The highest BCUT2D eigenvalue weighted by Crippen LogP contribution is 2.37. The van der Waals surface area contributed by atoms with Crippen molar-refractivity contribution in [3.8, 4) is 0 Å². The van der Waals surface area contributed by atoms with Crippen molar-refractivity contribution in [2.24, 2.45) is 0 Å². The predicted molar refractivity (Wildman–Crippen MR) is 94.1 cm³/mol. The first-order valence-corrected chi connectivity index (χ1v) is 8.37. The van der Waals surface area contributed by atoms with Crippen LogP contribution in [0.4, 0.5) is 5.95 Å². The predicted octanol–water partition coefficient (Wildman–Crippen LogP) is 4.72. The minimum Gasteiger partial charge on any atom is -0.356 e. The molecule has 0 radical (unpaired) electrons. The van der Waals surface area contributed by atoms with Gasteiger partial charge in [0.05, 0.1) is 6.04 Å². The van der Waals surface area contributed by atoms with Crippen LogP contribution in [-0.2, 0) is 6.42 Å². The van der Waals surface area contributed by atoms with Gasteiger partial charge in [0, 0.05) is 33.0 Å². The van der Waals surface area contributed by atoms with Crippen LogP contribution >= 0.6 is 11.6 Å². The Morgan fingerprint density at radius 1 is 1.17 bits per heavy atom. The van der Waals surface area contributed by atoms with Gasteiger partial charge in [-0.15, -0.1) is 0 Å². The molecular formula is C18H19ClN4. The topological polar surface area (TPSA) is 53.6 Å². The zero-order valence-corrected chi connectivity index (χ0v) is 14.0. The van der Waals surface area contributed by atoms with Gasteiger partial charge in [-0.3, -0.25) is 0 Å². The highest BCUT2D eigenvalue weighted by Gasteiger charge is 2.25. The fourth-order valence-electron chi connectivity index (χ4n) is 3.53. The quantitative estimate of drug-likeness (QED) is 0.716. The normalized spacial score (nSPS) is 17.3. The van der Waals surface area contributed by atoms with Gasteiger partial charge in [0.1, 0.15) is 0 Å². The first-order valence-electron chi connectivity index (χ1n) is 7.99. The van der Waals surface area contributed by atoms with E-state index in [4.69, 9.17) is 11.6 Å². The minimum absolute atomic E-state index is 0.214. The summed E-state index contributed by atoms with van der Waals surface area (Å²) in [6.45, 7) is 3.99. The second-order valence-electron chi connectivity index (χ2n) is 6.27. The van der Waals surface area contributed by atoms with Crippen LogP contribution in [0, 0.1) is 13.8 Å². The van der Waals surface area contributed by atoms with E-state index in [2.05, 4.69) is 32.4 Å². The third-order valence-corrected chi connectivity index (χ3v) is 4.69. The number of H-pyrrole nitrogens is 1. The van der Waals surface area contributed by atoms with Gasteiger partial charge in [-0.25, -0.2) is 9.97 Å². The Labute approximate surface area is 140 Å². The molecule has 4 nitrogen and oxygen atoms in total. The molecular weight excluding hydrogens is 308 g/mol. The SMILES string of the molecule is Cc1cc(C)nc(NC2CCCc3c2[nH]c2ccc(Cl)cc32)n1. The van der Waals surface area contributed by atoms with E-state index in [0.717, 1.165) is 41.2 Å². The summed E-state index contributed by atoms with van der Waals surface area (Å²) in [7, 11) is 0. The maximum absolute atomic E-state index is 6.17. The molecule has 0 bridgehead atoms. The number of hydrogen-bond acceptors (Lipinski definition) is 3. The Morgan fingerprint density at radius 3 is 2.74 bits per heavy atom. The van der Waals surface area contributed by atoms with Crippen LogP contribution in [0.2, 0.25) is 5.02 Å². The molecule has 0 spiro atoms. The molecule has 0 aliphatic heterocycles. The van der Waals surface area contributed by atoms with Crippen molar-refractivity contribution in [2.45, 2.75) is 39.2 Å². The number of anilines is 1. The van der Waals surface area contributed by atoms with Gasteiger partial charge in [-0.05, 0) is 62.9 Å². The Hall–Kier alpha value is -2.07. The fourth-order valence-corrected chi connectivity index (χ4v) is 3.70. The molecule has 2 heterocycles. The van der Waals surface area contributed by atoms with Crippen molar-refractivity contribution >= 4 is 28.5 Å². The maximum Gasteiger partial charge on any atom is 0.223 e. The van der Waals surface area contributed by atoms with Crippen LogP contribution in [-0.4, -0.2) is 15.0 Å². The van der Waals surface area contributed by atoms with Gasteiger partial charge in [-0.1, -0.05) is 11.6 Å². The van der Waals surface area contributed by atoms with Gasteiger partial charge in [0.25, 0.3) is 0 Å². The number of fused-ring (bicyclic) bond motifs is 3. The van der Waals surface area contributed by atoms with Gasteiger partial charge in [0.2, 0.25) is 5.95 Å². The minimum atomic E-state index is 0.214. The summed E-state index contributed by atoms with van der Waals surface area (Å²) in [4.78, 5) is 12.6. The molecule has 2 aromatic heterocycles. The summed E-state index contributed by atoms with van der Waals surface area (Å²) in [6, 6.07) is 8.25. The van der Waals surface area contributed by atoms with Gasteiger partial charge >= 0.3 is 0 Å². The summed E-state index contributed by atoms with van der Waals surface area (Å²) < 4.78 is 0. The molecule has 4 rings (SSSR count). The molecule has 0 saturated heterocycles. The molecule has 0 amide bonds. The van der Waals surface area contributed by atoms with E-state index >= 15 is 0 Å². The first kappa shape index (κ1) is 14.5. The van der Waals surface area contributed by atoms with Crippen LogP contribution in [0.1, 0.15) is 41.5 Å². The van der Waals surface area contributed by atoms with Crippen molar-refractivity contribution in [1.29, 1.82) is 0 Å². The molecule has 5 heteroatoms. The Morgan fingerprint density at radius 2 is 1.96 bits per heavy atom. The second-order valence-corrected chi connectivity index (χ2v) is 6.71. The van der Waals surface area contributed by atoms with E-state index in [-0.39, 0.29) is 6.04 Å². The van der Waals surface area contributed by atoms with Crippen molar-refractivity contribution in [3.05, 3.63) is 51.9 Å². The number of nitrogens with zero attached hydrogens (tertiary/aromatic N) is 2. The molecule has 0 saturated carbocycles. The third kappa shape index (κ3) is 2.68. The van der Waals surface area contributed by atoms with Gasteiger partial charge < -0.3 is 10.3 Å². The Kier molecular flexibility index (Phi) is 3.49. The molecule has 1 aliphatic carbocycles. The smallest absolute Gasteiger partial charge is 0.223 e. The van der Waals surface area contributed by atoms with Gasteiger partial charge in [0.15, 0.2) is 0 Å². The average molecular weight is 327 g/mol. The van der Waals surface area contributed by atoms with Crippen LogP contribution in [0.5, 0.6) is 0 Å². The Bertz CT molecular complexity index is 864. The van der Waals surface area contributed by atoms with Crippen molar-refractivity contribution in [3.63, 3.8) is 0 Å². The number of aryl methyl sites for hydroxylation is 3. The molecule has 1 aliphatic rings. The number of nitrogens with one attached hydrogen (secondary N) is 2. The number of halogens is 1. The number of benzene rings is 1. The number of rotatable bonds is 2. The lowest BCUT2D eigenvalue weighted by atomic mass is 9.92. The molecule has 0 fully saturated rings. The van der Waals surface area contributed by atoms with E-state index in [0.29, 0.717) is 5.95 Å². The Balaban J connectivity index is 1.74. The number of aromatic nitrogens is 3. The van der Waals surface area contributed by atoms with Crippen molar-refractivity contribution in [2.75, 3.05) is 5.32 Å². The highest BCUT2D eigenvalue weighted by molar-refractivity contribution is 6.31. The van der Waals surface area contributed by atoms with Crippen LogP contribution in [0.15, 0.2) is 24.3 Å². The number of hydrogen-bond donors (Lipinski definition) is 2. The lowest BCUT2D eigenvalue weighted by Gasteiger charge is -2.24. The summed E-state index contributed by atoms with van der Waals surface area (Å²) >= 11 is 6.17. The number of aromatic amines is 1. The largest absolute Gasteiger partial charge is 0.356 e. The lowest BCUT2D eigenvalue weighted by Crippen LogP contribution is -2.18. The summed E-state index contributed by atoms with van der Waals surface area (Å²) in [6.07, 6.45) is 3.31. The lowest BCUT2D eigenvalue weighted by molar-refractivity contribution is 0.588. The molecule has 1 aromatic carbocycles. The maximum atomic E-state index is 6.17. The van der Waals surface area contributed by atoms with Crippen LogP contribution in [0.3, 0.4) is 0 Å². The standard InChI is InChI=1S/C18H19ClN4/c1-10-8-11(2)21-18(20-10)23-16-5-3-4-13-14-9-12(19)6-7-15(14)22-17(13)16/h6-9,16,22H,3-5H2,1-2H3,(H,20,21,23). The van der Waals surface area contributed by atoms with E-state index in [9.17, 15) is 0 Å². The summed E-state index contributed by atoms with van der Waals surface area (Å²) in [5.74, 6) is 0.706. The molecule has 1 atom stereocenters. The van der Waals surface area contributed by atoms with E-state index in [1.54, 1.807) is 0 Å². The molecule has 23 heavy (non-hydrogen) atoms. The third-order valence-electron chi connectivity index (χ3n) is 4.45. The monoisotopic (exact) mass is 326 g/mol. The van der Waals surface area contributed by atoms with Gasteiger partial charge in [-0.2, -0.15) is 0 Å². The van der Waals surface area contributed by atoms with Crippen LogP contribution in [0.25, 0.3) is 10.9 Å². The first-order chi connectivity index (χ1) is 11.1. The molecule has 3 aromatic rings. The van der Waals surface area contributed by atoms with E-state index in [1.165, 1.54) is 16.6 Å². The average Bonchev–Trinajstić information content (AvgIpc) is 2.85. The zero-order valence-electron chi connectivity index (χ0n) is 13.3. The molecule has 118 valence electrons. The van der Waals surface area contributed by atoms with E-state index < -0.39 is 0 Å². The highest BCUT2D eigenvalue weighted by atomic mass is 35.5. The fraction of sp³-hybridized carbons (Fsp3) is 0.333. The van der Waals surface area contributed by atoms with E-state index in [1.807, 2.05) is 26.0 Å². The van der Waals surface area contributed by atoms with Crippen molar-refractivity contribution in [1.82, 2.24) is 15.0 Å².